The monoisotopic (exact) mass is 279 g/mol. The molecule has 1 fully saturated rings. The Kier molecular flexibility index (Phi) is 5.51. The van der Waals surface area contributed by atoms with Crippen LogP contribution < -0.4 is 10.6 Å². The number of amides is 1. The standard InChI is InChI=1S/C14H21N3OS/c1-2-6-16-13-10-15-7-3-12(13)14(18)17-11-4-8-19-9-5-11/h3,7,10-11,16H,2,4-6,8-9H2,1H3,(H,17,18). The highest BCUT2D eigenvalue weighted by atomic mass is 32.2. The summed E-state index contributed by atoms with van der Waals surface area (Å²) in [7, 11) is 0. The third kappa shape index (κ3) is 4.13. The smallest absolute Gasteiger partial charge is 0.253 e. The highest BCUT2D eigenvalue weighted by Gasteiger charge is 2.18. The van der Waals surface area contributed by atoms with Gasteiger partial charge in [-0.25, -0.2) is 0 Å². The van der Waals surface area contributed by atoms with Crippen molar-refractivity contribution < 1.29 is 4.79 Å². The SMILES string of the molecule is CCCNc1cnccc1C(=O)NC1CCSCC1. The highest BCUT2D eigenvalue weighted by Crippen LogP contribution is 2.19. The third-order valence-electron chi connectivity index (χ3n) is 3.19. The molecule has 0 aromatic carbocycles. The molecule has 5 heteroatoms. The normalized spacial score (nSPS) is 16.1. The molecule has 1 amide bonds. The summed E-state index contributed by atoms with van der Waals surface area (Å²) in [5.74, 6) is 2.29. The van der Waals surface area contributed by atoms with Gasteiger partial charge in [0, 0.05) is 18.8 Å². The molecule has 0 saturated carbocycles. The number of anilines is 1. The highest BCUT2D eigenvalue weighted by molar-refractivity contribution is 7.99. The molecule has 1 aromatic heterocycles. The molecule has 0 radical (unpaired) electrons. The predicted octanol–water partition coefficient (Wildman–Crippen LogP) is 2.53. The van der Waals surface area contributed by atoms with E-state index in [1.807, 2.05) is 11.8 Å². The second-order valence-corrected chi connectivity index (χ2v) is 5.93. The lowest BCUT2D eigenvalue weighted by atomic mass is 10.1. The molecule has 0 spiro atoms. The molecular formula is C14H21N3OS. The Morgan fingerprint density at radius 1 is 1.47 bits per heavy atom. The molecule has 1 aromatic rings. The van der Waals surface area contributed by atoms with Crippen molar-refractivity contribution in [3.05, 3.63) is 24.0 Å². The Labute approximate surface area is 118 Å². The first-order valence-corrected chi connectivity index (χ1v) is 8.03. The van der Waals surface area contributed by atoms with Crippen LogP contribution in [0.15, 0.2) is 18.5 Å². The number of hydrogen-bond acceptors (Lipinski definition) is 4. The molecule has 0 aliphatic carbocycles. The molecule has 1 aliphatic heterocycles. The number of carbonyl (C=O) groups is 1. The Bertz CT molecular complexity index is 419. The van der Waals surface area contributed by atoms with E-state index in [1.165, 1.54) is 0 Å². The lowest BCUT2D eigenvalue weighted by Gasteiger charge is -2.23. The van der Waals surface area contributed by atoms with E-state index < -0.39 is 0 Å². The van der Waals surface area contributed by atoms with Gasteiger partial charge in [0.15, 0.2) is 0 Å². The molecule has 2 heterocycles. The fourth-order valence-corrected chi connectivity index (χ4v) is 3.20. The van der Waals surface area contributed by atoms with Crippen molar-refractivity contribution in [3.8, 4) is 0 Å². The number of thioether (sulfide) groups is 1. The predicted molar refractivity (Wildman–Crippen MR) is 80.8 cm³/mol. The summed E-state index contributed by atoms with van der Waals surface area (Å²) in [6, 6.07) is 2.10. The van der Waals surface area contributed by atoms with Gasteiger partial charge >= 0.3 is 0 Å². The Morgan fingerprint density at radius 2 is 2.26 bits per heavy atom. The van der Waals surface area contributed by atoms with Crippen LogP contribution in [0.25, 0.3) is 0 Å². The summed E-state index contributed by atoms with van der Waals surface area (Å²) in [5, 5.41) is 6.39. The topological polar surface area (TPSA) is 54.0 Å². The zero-order valence-corrected chi connectivity index (χ0v) is 12.1. The first kappa shape index (κ1) is 14.2. The van der Waals surface area contributed by atoms with Crippen LogP contribution in [0.3, 0.4) is 0 Å². The molecule has 0 unspecified atom stereocenters. The first-order chi connectivity index (χ1) is 9.31. The van der Waals surface area contributed by atoms with Gasteiger partial charge in [0.05, 0.1) is 17.4 Å². The van der Waals surface area contributed by atoms with Crippen LogP contribution in [-0.4, -0.2) is 35.0 Å². The summed E-state index contributed by atoms with van der Waals surface area (Å²) in [6.07, 6.45) is 6.55. The summed E-state index contributed by atoms with van der Waals surface area (Å²) < 4.78 is 0. The number of aromatic nitrogens is 1. The maximum atomic E-state index is 12.3. The van der Waals surface area contributed by atoms with Crippen LogP contribution in [0, 0.1) is 0 Å². The molecule has 19 heavy (non-hydrogen) atoms. The Hall–Kier alpha value is -1.23. The van der Waals surface area contributed by atoms with Crippen LogP contribution >= 0.6 is 11.8 Å². The van der Waals surface area contributed by atoms with Crippen LogP contribution in [0.4, 0.5) is 5.69 Å². The number of rotatable bonds is 5. The van der Waals surface area contributed by atoms with Gasteiger partial charge in [0.25, 0.3) is 5.91 Å². The summed E-state index contributed by atoms with van der Waals surface area (Å²) >= 11 is 1.96. The molecule has 104 valence electrons. The minimum Gasteiger partial charge on any atom is -0.383 e. The largest absolute Gasteiger partial charge is 0.383 e. The van der Waals surface area contributed by atoms with E-state index in [0.29, 0.717) is 11.6 Å². The van der Waals surface area contributed by atoms with Gasteiger partial charge in [0.2, 0.25) is 0 Å². The molecule has 1 aliphatic rings. The van der Waals surface area contributed by atoms with E-state index in [9.17, 15) is 4.79 Å². The van der Waals surface area contributed by atoms with Gasteiger partial charge in [-0.1, -0.05) is 6.92 Å². The number of nitrogens with zero attached hydrogens (tertiary/aromatic N) is 1. The van der Waals surface area contributed by atoms with E-state index in [0.717, 1.165) is 43.0 Å². The van der Waals surface area contributed by atoms with Crippen molar-refractivity contribution in [1.82, 2.24) is 10.3 Å². The van der Waals surface area contributed by atoms with E-state index in [2.05, 4.69) is 22.5 Å². The van der Waals surface area contributed by atoms with Crippen molar-refractivity contribution in [2.45, 2.75) is 32.2 Å². The van der Waals surface area contributed by atoms with Gasteiger partial charge in [-0.15, -0.1) is 0 Å². The van der Waals surface area contributed by atoms with E-state index in [4.69, 9.17) is 0 Å². The number of pyridine rings is 1. The van der Waals surface area contributed by atoms with Crippen LogP contribution in [-0.2, 0) is 0 Å². The van der Waals surface area contributed by atoms with Gasteiger partial charge in [-0.3, -0.25) is 9.78 Å². The lowest BCUT2D eigenvalue weighted by molar-refractivity contribution is 0.0935. The Balaban J connectivity index is 2.00. The number of hydrogen-bond donors (Lipinski definition) is 2. The minimum absolute atomic E-state index is 0.0119. The van der Waals surface area contributed by atoms with E-state index in [-0.39, 0.29) is 5.91 Å². The fraction of sp³-hybridized carbons (Fsp3) is 0.571. The molecule has 1 saturated heterocycles. The van der Waals surface area contributed by atoms with Gasteiger partial charge in [-0.2, -0.15) is 11.8 Å². The zero-order chi connectivity index (χ0) is 13.5. The number of nitrogens with one attached hydrogen (secondary N) is 2. The van der Waals surface area contributed by atoms with Crippen LogP contribution in [0.5, 0.6) is 0 Å². The molecular weight excluding hydrogens is 258 g/mol. The van der Waals surface area contributed by atoms with Crippen molar-refractivity contribution in [2.24, 2.45) is 0 Å². The zero-order valence-electron chi connectivity index (χ0n) is 11.3. The average Bonchev–Trinajstić information content (AvgIpc) is 2.46. The summed E-state index contributed by atoms with van der Waals surface area (Å²) in [5.41, 5.74) is 1.52. The molecule has 4 nitrogen and oxygen atoms in total. The molecule has 2 N–H and O–H groups in total. The maximum absolute atomic E-state index is 12.3. The van der Waals surface area contributed by atoms with E-state index in [1.54, 1.807) is 18.5 Å². The Morgan fingerprint density at radius 3 is 3.00 bits per heavy atom. The molecule has 0 atom stereocenters. The second-order valence-electron chi connectivity index (χ2n) is 4.71. The van der Waals surface area contributed by atoms with Crippen LogP contribution in [0.2, 0.25) is 0 Å². The van der Waals surface area contributed by atoms with Gasteiger partial charge < -0.3 is 10.6 Å². The van der Waals surface area contributed by atoms with Crippen molar-refractivity contribution in [3.63, 3.8) is 0 Å². The maximum Gasteiger partial charge on any atom is 0.253 e. The van der Waals surface area contributed by atoms with Crippen molar-refractivity contribution in [1.29, 1.82) is 0 Å². The van der Waals surface area contributed by atoms with Gasteiger partial charge in [-0.05, 0) is 36.8 Å². The minimum atomic E-state index is 0.0119. The van der Waals surface area contributed by atoms with Crippen molar-refractivity contribution in [2.75, 3.05) is 23.4 Å². The third-order valence-corrected chi connectivity index (χ3v) is 4.24. The number of carbonyl (C=O) groups excluding carboxylic acids is 1. The van der Waals surface area contributed by atoms with Crippen LogP contribution in [0.1, 0.15) is 36.5 Å². The fourth-order valence-electron chi connectivity index (χ4n) is 2.10. The lowest BCUT2D eigenvalue weighted by Crippen LogP contribution is -2.37. The quantitative estimate of drug-likeness (QED) is 0.869. The first-order valence-electron chi connectivity index (χ1n) is 6.87. The summed E-state index contributed by atoms with van der Waals surface area (Å²) in [6.45, 7) is 2.95. The average molecular weight is 279 g/mol. The summed E-state index contributed by atoms with van der Waals surface area (Å²) in [4.78, 5) is 16.4. The molecule has 2 rings (SSSR count). The second kappa shape index (κ2) is 7.38. The van der Waals surface area contributed by atoms with E-state index >= 15 is 0 Å². The van der Waals surface area contributed by atoms with Gasteiger partial charge in [0.1, 0.15) is 0 Å². The molecule has 0 bridgehead atoms. The van der Waals surface area contributed by atoms with Crippen molar-refractivity contribution >= 4 is 23.4 Å².